The van der Waals surface area contributed by atoms with Gasteiger partial charge >= 0.3 is 12.0 Å². The number of aliphatic carboxylic acids is 1. The van der Waals surface area contributed by atoms with E-state index in [1.165, 1.54) is 0 Å². The van der Waals surface area contributed by atoms with Crippen LogP contribution in [0.15, 0.2) is 18.2 Å². The van der Waals surface area contributed by atoms with E-state index < -0.39 is 11.4 Å². The molecule has 5 heteroatoms. The monoisotopic (exact) mass is 290 g/mol. The third kappa shape index (κ3) is 3.17. The van der Waals surface area contributed by atoms with Crippen LogP contribution >= 0.6 is 0 Å². The number of anilines is 1. The highest BCUT2D eigenvalue weighted by atomic mass is 16.4. The molecule has 0 saturated heterocycles. The van der Waals surface area contributed by atoms with Gasteiger partial charge in [0.1, 0.15) is 0 Å². The van der Waals surface area contributed by atoms with Crippen molar-refractivity contribution in [3.8, 4) is 0 Å². The van der Waals surface area contributed by atoms with Crippen molar-refractivity contribution in [3.05, 3.63) is 29.3 Å². The molecule has 2 rings (SSSR count). The Morgan fingerprint density at radius 2 is 2.00 bits per heavy atom. The fourth-order valence-corrected chi connectivity index (χ4v) is 2.80. The van der Waals surface area contributed by atoms with Crippen molar-refractivity contribution >= 4 is 17.7 Å². The van der Waals surface area contributed by atoms with Gasteiger partial charge in [0.2, 0.25) is 0 Å². The molecule has 21 heavy (non-hydrogen) atoms. The fourth-order valence-electron chi connectivity index (χ4n) is 2.80. The number of carboxylic acids is 1. The molecule has 1 saturated carbocycles. The molecule has 5 nitrogen and oxygen atoms in total. The van der Waals surface area contributed by atoms with E-state index in [4.69, 9.17) is 0 Å². The van der Waals surface area contributed by atoms with Crippen molar-refractivity contribution < 1.29 is 14.7 Å². The molecule has 2 amide bonds. The lowest BCUT2D eigenvalue weighted by atomic mass is 9.85. The SMILES string of the molecule is Cc1ccc(NC(=O)NC2CCCC2(C)C(=O)O)cc1C. The summed E-state index contributed by atoms with van der Waals surface area (Å²) in [5.74, 6) is -0.850. The highest BCUT2D eigenvalue weighted by molar-refractivity contribution is 5.90. The number of carbonyl (C=O) groups excluding carboxylic acids is 1. The van der Waals surface area contributed by atoms with E-state index in [2.05, 4.69) is 10.6 Å². The summed E-state index contributed by atoms with van der Waals surface area (Å²) in [4.78, 5) is 23.4. The van der Waals surface area contributed by atoms with Crippen LogP contribution in [0.2, 0.25) is 0 Å². The van der Waals surface area contributed by atoms with E-state index in [1.54, 1.807) is 6.92 Å². The summed E-state index contributed by atoms with van der Waals surface area (Å²) in [6.07, 6.45) is 2.11. The standard InChI is InChI=1S/C16H22N2O3/c1-10-6-7-12(9-11(10)2)17-15(21)18-13-5-4-8-16(13,3)14(19)20/h6-7,9,13H,4-5,8H2,1-3H3,(H,19,20)(H2,17,18,21). The first-order chi connectivity index (χ1) is 9.83. The third-order valence-corrected chi connectivity index (χ3v) is 4.52. The first-order valence-corrected chi connectivity index (χ1v) is 7.21. The molecule has 1 aliphatic rings. The molecule has 0 aromatic heterocycles. The molecule has 1 aromatic rings. The largest absolute Gasteiger partial charge is 0.481 e. The molecule has 0 radical (unpaired) electrons. The van der Waals surface area contributed by atoms with Crippen molar-refractivity contribution in [2.75, 3.05) is 5.32 Å². The van der Waals surface area contributed by atoms with Gasteiger partial charge in [-0.2, -0.15) is 0 Å². The zero-order valence-corrected chi connectivity index (χ0v) is 12.7. The Bertz CT molecular complexity index is 571. The number of urea groups is 1. The van der Waals surface area contributed by atoms with Gasteiger partial charge in [0.05, 0.1) is 5.41 Å². The van der Waals surface area contributed by atoms with Gasteiger partial charge in [0, 0.05) is 11.7 Å². The lowest BCUT2D eigenvalue weighted by Crippen LogP contribution is -2.48. The molecule has 0 bridgehead atoms. The summed E-state index contributed by atoms with van der Waals surface area (Å²) < 4.78 is 0. The van der Waals surface area contributed by atoms with Crippen LogP contribution in [0, 0.1) is 19.3 Å². The van der Waals surface area contributed by atoms with Crippen molar-refractivity contribution in [2.45, 2.75) is 46.1 Å². The minimum absolute atomic E-state index is 0.332. The lowest BCUT2D eigenvalue weighted by Gasteiger charge is -2.27. The van der Waals surface area contributed by atoms with Gasteiger partial charge in [-0.3, -0.25) is 4.79 Å². The minimum Gasteiger partial charge on any atom is -0.481 e. The molecule has 0 aliphatic heterocycles. The van der Waals surface area contributed by atoms with Crippen LogP contribution in [0.5, 0.6) is 0 Å². The Morgan fingerprint density at radius 1 is 1.29 bits per heavy atom. The first-order valence-electron chi connectivity index (χ1n) is 7.21. The maximum atomic E-state index is 12.1. The summed E-state index contributed by atoms with van der Waals surface area (Å²) >= 11 is 0. The summed E-state index contributed by atoms with van der Waals surface area (Å²) in [5.41, 5.74) is 2.10. The van der Waals surface area contributed by atoms with Gasteiger partial charge in [-0.05, 0) is 56.9 Å². The highest BCUT2D eigenvalue weighted by Gasteiger charge is 2.45. The van der Waals surface area contributed by atoms with Crippen LogP contribution in [0.1, 0.15) is 37.3 Å². The Labute approximate surface area is 124 Å². The predicted molar refractivity (Wildman–Crippen MR) is 81.5 cm³/mol. The molecule has 0 heterocycles. The number of hydrogen-bond acceptors (Lipinski definition) is 2. The molecule has 1 fully saturated rings. The van der Waals surface area contributed by atoms with Gasteiger partial charge < -0.3 is 15.7 Å². The number of aryl methyl sites for hydroxylation is 2. The number of hydrogen-bond donors (Lipinski definition) is 3. The van der Waals surface area contributed by atoms with E-state index >= 15 is 0 Å². The van der Waals surface area contributed by atoms with E-state index in [-0.39, 0.29) is 12.1 Å². The lowest BCUT2D eigenvalue weighted by molar-refractivity contribution is -0.148. The van der Waals surface area contributed by atoms with Gasteiger partial charge in [-0.15, -0.1) is 0 Å². The fraction of sp³-hybridized carbons (Fsp3) is 0.500. The zero-order chi connectivity index (χ0) is 15.6. The van der Waals surface area contributed by atoms with Gasteiger partial charge in [-0.25, -0.2) is 4.79 Å². The molecule has 2 atom stereocenters. The summed E-state index contributed by atoms with van der Waals surface area (Å²) in [6, 6.07) is 5.01. The molecule has 2 unspecified atom stereocenters. The topological polar surface area (TPSA) is 78.4 Å². The van der Waals surface area contributed by atoms with E-state index in [0.29, 0.717) is 18.5 Å². The number of rotatable bonds is 3. The molecule has 1 aromatic carbocycles. The average Bonchev–Trinajstić information content (AvgIpc) is 2.77. The second-order valence-corrected chi connectivity index (χ2v) is 6.06. The van der Waals surface area contributed by atoms with Gasteiger partial charge in [0.15, 0.2) is 0 Å². The Kier molecular flexibility index (Phi) is 4.21. The Morgan fingerprint density at radius 3 is 2.62 bits per heavy atom. The van der Waals surface area contributed by atoms with Crippen LogP contribution in [0.3, 0.4) is 0 Å². The second-order valence-electron chi connectivity index (χ2n) is 6.06. The van der Waals surface area contributed by atoms with Crippen molar-refractivity contribution in [1.29, 1.82) is 0 Å². The van der Waals surface area contributed by atoms with Crippen molar-refractivity contribution in [2.24, 2.45) is 5.41 Å². The van der Waals surface area contributed by atoms with E-state index in [9.17, 15) is 14.7 Å². The molecular formula is C16H22N2O3. The third-order valence-electron chi connectivity index (χ3n) is 4.52. The predicted octanol–water partition coefficient (Wildman–Crippen LogP) is 3.07. The number of carbonyl (C=O) groups is 2. The van der Waals surface area contributed by atoms with E-state index in [0.717, 1.165) is 17.5 Å². The van der Waals surface area contributed by atoms with Crippen LogP contribution < -0.4 is 10.6 Å². The normalized spacial score (nSPS) is 24.6. The number of carboxylic acid groups (broad SMARTS) is 1. The Hall–Kier alpha value is -2.04. The number of benzene rings is 1. The molecule has 0 spiro atoms. The van der Waals surface area contributed by atoms with Crippen molar-refractivity contribution in [1.82, 2.24) is 5.32 Å². The quantitative estimate of drug-likeness (QED) is 0.800. The molecule has 1 aliphatic carbocycles. The second kappa shape index (κ2) is 5.76. The zero-order valence-electron chi connectivity index (χ0n) is 12.7. The smallest absolute Gasteiger partial charge is 0.319 e. The highest BCUT2D eigenvalue weighted by Crippen LogP contribution is 2.38. The Balaban J connectivity index is 2.01. The summed E-state index contributed by atoms with van der Waals surface area (Å²) in [7, 11) is 0. The maximum Gasteiger partial charge on any atom is 0.319 e. The molecule has 3 N–H and O–H groups in total. The summed E-state index contributed by atoms with van der Waals surface area (Å²) in [6.45, 7) is 5.69. The first kappa shape index (κ1) is 15.4. The van der Waals surface area contributed by atoms with Crippen LogP contribution in [0.25, 0.3) is 0 Å². The maximum absolute atomic E-state index is 12.1. The number of nitrogens with one attached hydrogen (secondary N) is 2. The van der Waals surface area contributed by atoms with Crippen LogP contribution in [-0.4, -0.2) is 23.1 Å². The number of amides is 2. The summed E-state index contributed by atoms with van der Waals surface area (Å²) in [5, 5.41) is 14.9. The minimum atomic E-state index is -0.874. The molecule has 114 valence electrons. The average molecular weight is 290 g/mol. The van der Waals surface area contributed by atoms with E-state index in [1.807, 2.05) is 32.0 Å². The van der Waals surface area contributed by atoms with Gasteiger partial charge in [-0.1, -0.05) is 12.5 Å². The molecular weight excluding hydrogens is 268 g/mol. The van der Waals surface area contributed by atoms with Crippen LogP contribution in [0.4, 0.5) is 10.5 Å². The van der Waals surface area contributed by atoms with Crippen LogP contribution in [-0.2, 0) is 4.79 Å². The van der Waals surface area contributed by atoms with Crippen molar-refractivity contribution in [3.63, 3.8) is 0 Å². The van der Waals surface area contributed by atoms with Gasteiger partial charge in [0.25, 0.3) is 0 Å².